The number of fused-ring (bicyclic) bond motifs is 1. The second kappa shape index (κ2) is 9.18. The van der Waals surface area contributed by atoms with E-state index in [-0.39, 0.29) is 16.9 Å². The van der Waals surface area contributed by atoms with Crippen LogP contribution in [0.25, 0.3) is 11.1 Å². The predicted molar refractivity (Wildman–Crippen MR) is 125 cm³/mol. The maximum absolute atomic E-state index is 12.7. The van der Waals surface area contributed by atoms with Crippen molar-refractivity contribution in [3.8, 4) is 11.1 Å². The zero-order valence-corrected chi connectivity index (χ0v) is 17.7. The van der Waals surface area contributed by atoms with Crippen molar-refractivity contribution in [3.63, 3.8) is 0 Å². The number of thioether (sulfide) groups is 1. The molecular formula is C25H24N2O2S. The van der Waals surface area contributed by atoms with E-state index in [1.165, 1.54) is 11.1 Å². The van der Waals surface area contributed by atoms with Gasteiger partial charge in [0.1, 0.15) is 0 Å². The summed E-state index contributed by atoms with van der Waals surface area (Å²) < 4.78 is 0. The molecule has 0 aliphatic carbocycles. The lowest BCUT2D eigenvalue weighted by Crippen LogP contribution is -2.33. The van der Waals surface area contributed by atoms with E-state index in [0.29, 0.717) is 6.54 Å². The summed E-state index contributed by atoms with van der Waals surface area (Å²) in [5.74, 6) is -0.0845. The molecule has 1 aliphatic heterocycles. The summed E-state index contributed by atoms with van der Waals surface area (Å²) in [6.45, 7) is 2.76. The van der Waals surface area contributed by atoms with Crippen LogP contribution < -0.4 is 10.2 Å². The Hall–Kier alpha value is -3.05. The molecule has 4 nitrogen and oxygen atoms in total. The van der Waals surface area contributed by atoms with Gasteiger partial charge in [-0.2, -0.15) is 0 Å². The highest BCUT2D eigenvalue weighted by atomic mass is 32.2. The maximum atomic E-state index is 12.7. The van der Waals surface area contributed by atoms with E-state index < -0.39 is 0 Å². The number of benzene rings is 3. The van der Waals surface area contributed by atoms with Crippen molar-refractivity contribution < 1.29 is 9.59 Å². The van der Waals surface area contributed by atoms with E-state index in [2.05, 4.69) is 30.4 Å². The first-order valence-electron chi connectivity index (χ1n) is 10.1. The number of anilines is 2. The van der Waals surface area contributed by atoms with Crippen LogP contribution >= 0.6 is 11.8 Å². The fourth-order valence-electron chi connectivity index (χ4n) is 3.69. The molecule has 0 fully saturated rings. The molecule has 0 bridgehead atoms. The largest absolute Gasteiger partial charge is 0.325 e. The molecule has 0 atom stereocenters. The van der Waals surface area contributed by atoms with Gasteiger partial charge in [-0.1, -0.05) is 71.9 Å². The highest BCUT2D eigenvalue weighted by molar-refractivity contribution is 8.14. The number of aryl methyl sites for hydroxylation is 2. The first-order valence-corrected chi connectivity index (χ1v) is 11.1. The van der Waals surface area contributed by atoms with Crippen LogP contribution in [-0.4, -0.2) is 23.4 Å². The van der Waals surface area contributed by atoms with Gasteiger partial charge in [0.2, 0.25) is 5.91 Å². The summed E-state index contributed by atoms with van der Waals surface area (Å²) in [5, 5.41) is 2.80. The molecule has 0 radical (unpaired) electrons. The number of rotatable bonds is 4. The number of hydrogen-bond acceptors (Lipinski definition) is 3. The highest BCUT2D eigenvalue weighted by Gasteiger charge is 2.23. The molecule has 0 unspecified atom stereocenters. The first kappa shape index (κ1) is 20.2. The third kappa shape index (κ3) is 4.74. The molecule has 0 aromatic heterocycles. The number of nitrogens with zero attached hydrogens (tertiary/aromatic N) is 1. The molecule has 30 heavy (non-hydrogen) atoms. The number of amides is 2. The summed E-state index contributed by atoms with van der Waals surface area (Å²) in [6, 6.07) is 24.0. The second-order valence-electron chi connectivity index (χ2n) is 7.43. The average molecular weight is 417 g/mol. The minimum atomic E-state index is -0.179. The summed E-state index contributed by atoms with van der Waals surface area (Å²) in [7, 11) is 0. The van der Waals surface area contributed by atoms with Crippen LogP contribution in [0.4, 0.5) is 16.2 Å². The van der Waals surface area contributed by atoms with E-state index in [0.717, 1.165) is 47.1 Å². The Morgan fingerprint density at radius 3 is 2.47 bits per heavy atom. The molecule has 3 aromatic carbocycles. The van der Waals surface area contributed by atoms with Crippen molar-refractivity contribution in [2.24, 2.45) is 0 Å². The van der Waals surface area contributed by atoms with Crippen molar-refractivity contribution in [1.82, 2.24) is 0 Å². The fourth-order valence-corrected chi connectivity index (χ4v) is 4.37. The average Bonchev–Trinajstić information content (AvgIpc) is 2.78. The zero-order chi connectivity index (χ0) is 20.9. The van der Waals surface area contributed by atoms with E-state index in [1.54, 1.807) is 4.90 Å². The summed E-state index contributed by atoms with van der Waals surface area (Å²) in [4.78, 5) is 26.9. The fraction of sp³-hybridized carbons (Fsp3) is 0.200. The lowest BCUT2D eigenvalue weighted by atomic mass is 10.0. The highest BCUT2D eigenvalue weighted by Crippen LogP contribution is 2.30. The van der Waals surface area contributed by atoms with Gasteiger partial charge in [0.05, 0.1) is 5.75 Å². The van der Waals surface area contributed by atoms with Gasteiger partial charge in [0.25, 0.3) is 5.24 Å². The summed E-state index contributed by atoms with van der Waals surface area (Å²) in [6.07, 6.45) is 1.94. The Kier molecular flexibility index (Phi) is 6.19. The van der Waals surface area contributed by atoms with Gasteiger partial charge in [0, 0.05) is 17.9 Å². The van der Waals surface area contributed by atoms with Gasteiger partial charge >= 0.3 is 0 Å². The van der Waals surface area contributed by atoms with Crippen LogP contribution in [0, 0.1) is 6.92 Å². The summed E-state index contributed by atoms with van der Waals surface area (Å²) >= 11 is 1.05. The van der Waals surface area contributed by atoms with Gasteiger partial charge in [-0.05, 0) is 54.7 Å². The molecule has 2 amide bonds. The normalized spacial score (nSPS) is 12.9. The first-order chi connectivity index (χ1) is 14.6. The molecule has 0 saturated carbocycles. The Morgan fingerprint density at radius 1 is 0.967 bits per heavy atom. The van der Waals surface area contributed by atoms with Crippen LogP contribution in [0.5, 0.6) is 0 Å². The Morgan fingerprint density at radius 2 is 1.70 bits per heavy atom. The van der Waals surface area contributed by atoms with Crippen molar-refractivity contribution in [2.75, 3.05) is 22.5 Å². The molecular weight excluding hydrogens is 392 g/mol. The third-order valence-corrected chi connectivity index (χ3v) is 6.05. The number of nitrogens with one attached hydrogen (secondary N) is 1. The Labute approximate surface area is 181 Å². The molecule has 5 heteroatoms. The van der Waals surface area contributed by atoms with Crippen LogP contribution in [0.1, 0.15) is 17.5 Å². The lowest BCUT2D eigenvalue weighted by Gasteiger charge is -2.29. The molecule has 152 valence electrons. The summed E-state index contributed by atoms with van der Waals surface area (Å²) in [5.41, 5.74) is 6.34. The maximum Gasteiger partial charge on any atom is 0.286 e. The molecule has 4 rings (SSSR count). The third-order valence-electron chi connectivity index (χ3n) is 5.18. The van der Waals surface area contributed by atoms with Crippen LogP contribution in [0.2, 0.25) is 0 Å². The molecule has 1 aliphatic rings. The smallest absolute Gasteiger partial charge is 0.286 e. The van der Waals surface area contributed by atoms with Crippen molar-refractivity contribution >= 4 is 34.3 Å². The van der Waals surface area contributed by atoms with Gasteiger partial charge < -0.3 is 10.2 Å². The number of carbonyl (C=O) groups excluding carboxylic acids is 2. The Bertz CT molecular complexity index is 1050. The SMILES string of the molecule is Cc1ccc2c(c1)CCCN2C(=O)SCC(=O)Nc1ccc(-c2ccccc2)cc1. The minimum absolute atomic E-state index is 0.0746. The van der Waals surface area contributed by atoms with E-state index in [9.17, 15) is 9.59 Å². The topological polar surface area (TPSA) is 49.4 Å². The van der Waals surface area contributed by atoms with Crippen LogP contribution in [0.15, 0.2) is 72.8 Å². The monoisotopic (exact) mass is 416 g/mol. The quantitative estimate of drug-likeness (QED) is 0.575. The second-order valence-corrected chi connectivity index (χ2v) is 8.36. The molecule has 1 heterocycles. The molecule has 0 saturated heterocycles. The van der Waals surface area contributed by atoms with Crippen molar-refractivity contribution in [1.29, 1.82) is 0 Å². The standard InChI is InChI=1S/C25H24N2O2S/c1-18-9-14-23-21(16-18)8-5-15-27(23)25(29)30-17-24(28)26-22-12-10-20(11-13-22)19-6-3-2-4-7-19/h2-4,6-7,9-14,16H,5,8,15,17H2,1H3,(H,26,28). The number of hydrogen-bond donors (Lipinski definition) is 1. The molecule has 0 spiro atoms. The van der Waals surface area contributed by atoms with E-state index in [4.69, 9.17) is 0 Å². The number of carbonyl (C=O) groups is 2. The van der Waals surface area contributed by atoms with Crippen molar-refractivity contribution in [3.05, 3.63) is 83.9 Å². The van der Waals surface area contributed by atoms with Gasteiger partial charge in [-0.15, -0.1) is 0 Å². The molecule has 1 N–H and O–H groups in total. The Balaban J connectivity index is 1.33. The van der Waals surface area contributed by atoms with E-state index >= 15 is 0 Å². The van der Waals surface area contributed by atoms with Gasteiger partial charge in [0.15, 0.2) is 0 Å². The lowest BCUT2D eigenvalue weighted by molar-refractivity contribution is -0.113. The molecule has 3 aromatic rings. The zero-order valence-electron chi connectivity index (χ0n) is 16.9. The van der Waals surface area contributed by atoms with E-state index in [1.807, 2.05) is 54.6 Å². The predicted octanol–water partition coefficient (Wildman–Crippen LogP) is 5.91. The van der Waals surface area contributed by atoms with Crippen LogP contribution in [0.3, 0.4) is 0 Å². The van der Waals surface area contributed by atoms with Gasteiger partial charge in [-0.25, -0.2) is 0 Å². The van der Waals surface area contributed by atoms with Crippen LogP contribution in [-0.2, 0) is 11.2 Å². The van der Waals surface area contributed by atoms with Gasteiger partial charge in [-0.3, -0.25) is 9.59 Å². The van der Waals surface area contributed by atoms with Crippen molar-refractivity contribution in [2.45, 2.75) is 19.8 Å². The minimum Gasteiger partial charge on any atom is -0.325 e.